The summed E-state index contributed by atoms with van der Waals surface area (Å²) in [6.45, 7) is 3.04. The lowest BCUT2D eigenvalue weighted by atomic mass is 10.1. The quantitative estimate of drug-likeness (QED) is 0.274. The molecule has 0 radical (unpaired) electrons. The molecule has 0 aliphatic rings. The molecule has 0 spiro atoms. The summed E-state index contributed by atoms with van der Waals surface area (Å²) in [5.41, 5.74) is 1.11. The van der Waals surface area contributed by atoms with Gasteiger partial charge in [-0.2, -0.15) is 0 Å². The predicted octanol–water partition coefficient (Wildman–Crippen LogP) is 5.89. The number of benzene rings is 1. The summed E-state index contributed by atoms with van der Waals surface area (Å²) in [7, 11) is 0. The van der Waals surface area contributed by atoms with Gasteiger partial charge in [0.15, 0.2) is 0 Å². The van der Waals surface area contributed by atoms with Gasteiger partial charge < -0.3 is 9.47 Å². The zero-order valence-electron chi connectivity index (χ0n) is 16.5. The topological polar surface area (TPSA) is 52.6 Å². The minimum atomic E-state index is -0.126. The minimum absolute atomic E-state index is 0.0789. The van der Waals surface area contributed by atoms with Gasteiger partial charge in [-0.3, -0.25) is 9.59 Å². The van der Waals surface area contributed by atoms with Gasteiger partial charge in [-0.15, -0.1) is 0 Å². The van der Waals surface area contributed by atoms with Crippen LogP contribution >= 0.6 is 11.6 Å². The molecular weight excluding hydrogens is 364 g/mol. The molecule has 0 bridgehead atoms. The molecule has 0 heterocycles. The van der Waals surface area contributed by atoms with Gasteiger partial charge in [-0.05, 0) is 37.0 Å². The largest absolute Gasteiger partial charge is 0.466 e. The van der Waals surface area contributed by atoms with Crippen LogP contribution in [0.25, 0.3) is 0 Å². The van der Waals surface area contributed by atoms with Crippen LogP contribution in [0, 0.1) is 0 Å². The Morgan fingerprint density at radius 2 is 1.30 bits per heavy atom. The van der Waals surface area contributed by atoms with Crippen LogP contribution in [0.2, 0.25) is 5.02 Å². The Bertz CT molecular complexity index is 528. The van der Waals surface area contributed by atoms with Crippen molar-refractivity contribution >= 4 is 23.5 Å². The van der Waals surface area contributed by atoms with E-state index >= 15 is 0 Å². The average molecular weight is 397 g/mol. The zero-order valence-corrected chi connectivity index (χ0v) is 17.3. The van der Waals surface area contributed by atoms with Crippen molar-refractivity contribution in [2.75, 3.05) is 13.2 Å². The smallest absolute Gasteiger partial charge is 0.305 e. The van der Waals surface area contributed by atoms with Gasteiger partial charge in [0.2, 0.25) is 0 Å². The number of carbonyl (C=O) groups excluding carboxylic acids is 2. The van der Waals surface area contributed by atoms with Crippen molar-refractivity contribution in [1.29, 1.82) is 0 Å². The third-order valence-corrected chi connectivity index (χ3v) is 4.59. The van der Waals surface area contributed by atoms with Gasteiger partial charge in [0.1, 0.15) is 0 Å². The lowest BCUT2D eigenvalue weighted by Gasteiger charge is -2.06. The first-order valence-electron chi connectivity index (χ1n) is 10.2. The van der Waals surface area contributed by atoms with Crippen molar-refractivity contribution in [3.05, 3.63) is 34.9 Å². The lowest BCUT2D eigenvalue weighted by molar-refractivity contribution is -0.144. The molecule has 1 aromatic rings. The molecule has 152 valence electrons. The van der Waals surface area contributed by atoms with Crippen molar-refractivity contribution in [3.63, 3.8) is 0 Å². The zero-order chi connectivity index (χ0) is 19.7. The van der Waals surface area contributed by atoms with E-state index in [1.165, 1.54) is 0 Å². The minimum Gasteiger partial charge on any atom is -0.466 e. The summed E-state index contributed by atoms with van der Waals surface area (Å²) >= 11 is 5.84. The summed E-state index contributed by atoms with van der Waals surface area (Å²) in [5.74, 6) is -0.205. The standard InChI is InChI=1S/C22H33ClO4/c1-2-3-17-26-21(24)10-8-6-4-5-7-9-11-22(25)27-18-16-19-12-14-20(23)15-13-19/h12-15H,2-11,16-18H2,1H3. The van der Waals surface area contributed by atoms with E-state index in [1.807, 2.05) is 24.3 Å². The van der Waals surface area contributed by atoms with E-state index in [0.29, 0.717) is 37.5 Å². The molecular formula is C22H33ClO4. The van der Waals surface area contributed by atoms with Crippen molar-refractivity contribution in [2.45, 2.75) is 77.6 Å². The molecule has 0 fully saturated rings. The van der Waals surface area contributed by atoms with Crippen molar-refractivity contribution in [1.82, 2.24) is 0 Å². The highest BCUT2D eigenvalue weighted by molar-refractivity contribution is 6.30. The third kappa shape index (κ3) is 13.3. The monoisotopic (exact) mass is 396 g/mol. The predicted molar refractivity (Wildman–Crippen MR) is 109 cm³/mol. The maximum Gasteiger partial charge on any atom is 0.305 e. The van der Waals surface area contributed by atoms with E-state index in [1.54, 1.807) is 0 Å². The van der Waals surface area contributed by atoms with E-state index < -0.39 is 0 Å². The Balaban J connectivity index is 1.89. The van der Waals surface area contributed by atoms with Crippen LogP contribution in [0.1, 0.15) is 76.7 Å². The molecule has 0 aliphatic carbocycles. The average Bonchev–Trinajstić information content (AvgIpc) is 2.65. The number of carbonyl (C=O) groups is 2. The van der Waals surface area contributed by atoms with Crippen LogP contribution in [0.5, 0.6) is 0 Å². The molecule has 0 saturated heterocycles. The van der Waals surface area contributed by atoms with E-state index in [4.69, 9.17) is 21.1 Å². The number of halogens is 1. The van der Waals surface area contributed by atoms with Gasteiger partial charge in [0.25, 0.3) is 0 Å². The summed E-state index contributed by atoms with van der Waals surface area (Å²) in [6, 6.07) is 7.57. The maximum absolute atomic E-state index is 11.7. The molecule has 0 atom stereocenters. The second-order valence-electron chi connectivity index (χ2n) is 6.79. The Morgan fingerprint density at radius 1 is 0.778 bits per heavy atom. The number of ether oxygens (including phenoxy) is 2. The van der Waals surface area contributed by atoms with Crippen LogP contribution in [0.15, 0.2) is 24.3 Å². The molecule has 0 aliphatic heterocycles. The molecule has 0 saturated carbocycles. The van der Waals surface area contributed by atoms with Crippen LogP contribution in [-0.4, -0.2) is 25.2 Å². The molecule has 5 heteroatoms. The van der Waals surface area contributed by atoms with Gasteiger partial charge in [-0.25, -0.2) is 0 Å². The summed E-state index contributed by atoms with van der Waals surface area (Å²) in [4.78, 5) is 23.2. The Hall–Kier alpha value is -1.55. The third-order valence-electron chi connectivity index (χ3n) is 4.34. The normalized spacial score (nSPS) is 10.6. The Morgan fingerprint density at radius 3 is 1.85 bits per heavy atom. The number of unbranched alkanes of at least 4 members (excludes halogenated alkanes) is 6. The van der Waals surface area contributed by atoms with Crippen LogP contribution in [0.3, 0.4) is 0 Å². The first-order chi connectivity index (χ1) is 13.1. The fourth-order valence-electron chi connectivity index (χ4n) is 2.65. The van der Waals surface area contributed by atoms with Crippen molar-refractivity contribution in [3.8, 4) is 0 Å². The SMILES string of the molecule is CCCCOC(=O)CCCCCCCCC(=O)OCCc1ccc(Cl)cc1. The summed E-state index contributed by atoms with van der Waals surface area (Å²) < 4.78 is 10.4. The Kier molecular flexibility index (Phi) is 13.5. The van der Waals surface area contributed by atoms with Crippen molar-refractivity contribution < 1.29 is 19.1 Å². The lowest BCUT2D eigenvalue weighted by Crippen LogP contribution is -2.07. The molecule has 0 N–H and O–H groups in total. The van der Waals surface area contributed by atoms with E-state index in [-0.39, 0.29) is 11.9 Å². The molecule has 0 aromatic heterocycles. The molecule has 1 rings (SSSR count). The highest BCUT2D eigenvalue weighted by Gasteiger charge is 2.04. The Labute approximate surface area is 168 Å². The second kappa shape index (κ2) is 15.5. The van der Waals surface area contributed by atoms with Gasteiger partial charge >= 0.3 is 11.9 Å². The molecule has 4 nitrogen and oxygen atoms in total. The first kappa shape index (κ1) is 23.5. The van der Waals surface area contributed by atoms with E-state index in [9.17, 15) is 9.59 Å². The van der Waals surface area contributed by atoms with E-state index in [0.717, 1.165) is 56.9 Å². The maximum atomic E-state index is 11.7. The highest BCUT2D eigenvalue weighted by Crippen LogP contribution is 2.11. The summed E-state index contributed by atoms with van der Waals surface area (Å²) in [6.07, 6.45) is 9.67. The fourth-order valence-corrected chi connectivity index (χ4v) is 2.78. The molecule has 0 unspecified atom stereocenters. The number of hydrogen-bond donors (Lipinski definition) is 0. The first-order valence-corrected chi connectivity index (χ1v) is 10.5. The van der Waals surface area contributed by atoms with Gasteiger partial charge in [0.05, 0.1) is 13.2 Å². The highest BCUT2D eigenvalue weighted by atomic mass is 35.5. The number of hydrogen-bond acceptors (Lipinski definition) is 4. The second-order valence-corrected chi connectivity index (χ2v) is 7.23. The van der Waals surface area contributed by atoms with Gasteiger partial charge in [-0.1, -0.05) is 62.8 Å². The number of esters is 2. The van der Waals surface area contributed by atoms with Crippen LogP contribution in [-0.2, 0) is 25.5 Å². The van der Waals surface area contributed by atoms with Crippen molar-refractivity contribution in [2.24, 2.45) is 0 Å². The fraction of sp³-hybridized carbons (Fsp3) is 0.636. The van der Waals surface area contributed by atoms with Crippen LogP contribution in [0.4, 0.5) is 0 Å². The number of rotatable bonds is 15. The summed E-state index contributed by atoms with van der Waals surface area (Å²) in [5, 5.41) is 0.711. The van der Waals surface area contributed by atoms with Gasteiger partial charge in [0, 0.05) is 24.3 Å². The molecule has 27 heavy (non-hydrogen) atoms. The molecule has 0 amide bonds. The van der Waals surface area contributed by atoms with E-state index in [2.05, 4.69) is 6.92 Å². The van der Waals surface area contributed by atoms with Crippen LogP contribution < -0.4 is 0 Å². The molecule has 1 aromatic carbocycles.